The van der Waals surface area contributed by atoms with Crippen LogP contribution in [0.15, 0.2) is 35.1 Å². The van der Waals surface area contributed by atoms with E-state index in [1.165, 1.54) is 16.9 Å². The van der Waals surface area contributed by atoms with Crippen molar-refractivity contribution in [2.75, 3.05) is 18.1 Å². The summed E-state index contributed by atoms with van der Waals surface area (Å²) in [6.45, 7) is 5.11. The molecule has 28 heavy (non-hydrogen) atoms. The number of aryl methyl sites for hydroxylation is 2. The molecule has 3 aromatic rings. The monoisotopic (exact) mass is 397 g/mol. The first-order valence-electron chi connectivity index (χ1n) is 10.1. The molecular formula is C22H27N3O2S. The Morgan fingerprint density at radius 1 is 1.21 bits per heavy atom. The zero-order valence-electron chi connectivity index (χ0n) is 16.5. The van der Waals surface area contributed by atoms with Gasteiger partial charge in [-0.05, 0) is 50.7 Å². The minimum Gasteiger partial charge on any atom is -0.395 e. The molecule has 1 N–H and O–H groups in total. The van der Waals surface area contributed by atoms with Crippen molar-refractivity contribution in [1.29, 1.82) is 0 Å². The Morgan fingerprint density at radius 2 is 1.96 bits per heavy atom. The fourth-order valence-corrected chi connectivity index (χ4v) is 5.32. The lowest BCUT2D eigenvalue weighted by Crippen LogP contribution is -2.35. The van der Waals surface area contributed by atoms with Crippen LogP contribution in [0.5, 0.6) is 0 Å². The summed E-state index contributed by atoms with van der Waals surface area (Å²) < 4.78 is 1.81. The van der Waals surface area contributed by atoms with Gasteiger partial charge in [-0.25, -0.2) is 4.98 Å². The van der Waals surface area contributed by atoms with Crippen LogP contribution in [0.1, 0.15) is 48.7 Å². The molecular weight excluding hydrogens is 370 g/mol. The Labute approximate surface area is 169 Å². The Hall–Kier alpha value is -2.18. The summed E-state index contributed by atoms with van der Waals surface area (Å²) in [5, 5.41) is 10.5. The average Bonchev–Trinajstić information content (AvgIpc) is 3.06. The van der Waals surface area contributed by atoms with Crippen LogP contribution in [0.25, 0.3) is 10.2 Å². The van der Waals surface area contributed by atoms with Crippen LogP contribution in [-0.2, 0) is 19.4 Å². The molecule has 0 spiro atoms. The smallest absolute Gasteiger partial charge is 0.264 e. The number of benzene rings is 1. The second kappa shape index (κ2) is 8.05. The molecule has 2 heterocycles. The van der Waals surface area contributed by atoms with Crippen LogP contribution in [0, 0.1) is 0 Å². The van der Waals surface area contributed by atoms with E-state index in [4.69, 9.17) is 4.98 Å². The quantitative estimate of drug-likeness (QED) is 0.685. The number of hydrogen-bond donors (Lipinski definition) is 1. The molecule has 148 valence electrons. The highest BCUT2D eigenvalue weighted by Crippen LogP contribution is 2.35. The Balaban J connectivity index is 1.88. The van der Waals surface area contributed by atoms with Gasteiger partial charge in [0.2, 0.25) is 5.95 Å². The van der Waals surface area contributed by atoms with E-state index < -0.39 is 0 Å². The molecule has 0 radical (unpaired) electrons. The number of aliphatic hydroxyl groups excluding tert-OH is 1. The van der Waals surface area contributed by atoms with Gasteiger partial charge in [-0.3, -0.25) is 9.36 Å². The second-order valence-corrected chi connectivity index (χ2v) is 8.79. The third kappa shape index (κ3) is 3.47. The standard InChI is InChI=1S/C22H27N3O2S/c1-15(2)25-21(27)19-17-10-6-7-11-18(17)28-20(19)23-22(25)24(12-13-26)14-16-8-4-3-5-9-16/h3-5,8-9,15,26H,6-7,10-14H2,1-2H3. The van der Waals surface area contributed by atoms with Crippen molar-refractivity contribution in [1.82, 2.24) is 9.55 Å². The summed E-state index contributed by atoms with van der Waals surface area (Å²) in [6, 6.07) is 10.1. The van der Waals surface area contributed by atoms with Gasteiger partial charge in [-0.15, -0.1) is 11.3 Å². The van der Waals surface area contributed by atoms with Gasteiger partial charge in [-0.2, -0.15) is 0 Å². The van der Waals surface area contributed by atoms with Gasteiger partial charge < -0.3 is 10.0 Å². The van der Waals surface area contributed by atoms with Crippen molar-refractivity contribution in [3.05, 3.63) is 56.7 Å². The fourth-order valence-electron chi connectivity index (χ4n) is 4.07. The summed E-state index contributed by atoms with van der Waals surface area (Å²) in [6.07, 6.45) is 4.37. The van der Waals surface area contributed by atoms with Gasteiger partial charge in [-0.1, -0.05) is 30.3 Å². The van der Waals surface area contributed by atoms with E-state index in [9.17, 15) is 9.90 Å². The predicted molar refractivity (Wildman–Crippen MR) is 115 cm³/mol. The zero-order chi connectivity index (χ0) is 19.7. The maximum atomic E-state index is 13.5. The molecule has 2 aromatic heterocycles. The number of aliphatic hydroxyl groups is 1. The summed E-state index contributed by atoms with van der Waals surface area (Å²) in [5.74, 6) is 0.656. The number of fused-ring (bicyclic) bond motifs is 3. The Bertz CT molecular complexity index is 1020. The predicted octanol–water partition coefficient (Wildman–Crippen LogP) is 3.92. The SMILES string of the molecule is CC(C)n1c(N(CCO)Cc2ccccc2)nc2sc3c(c2c1=O)CCCC3. The van der Waals surface area contributed by atoms with E-state index in [-0.39, 0.29) is 18.2 Å². The first-order chi connectivity index (χ1) is 13.6. The number of hydrogen-bond acceptors (Lipinski definition) is 5. The van der Waals surface area contributed by atoms with Crippen LogP contribution >= 0.6 is 11.3 Å². The van der Waals surface area contributed by atoms with E-state index in [2.05, 4.69) is 12.1 Å². The van der Waals surface area contributed by atoms with Crippen LogP contribution in [0.2, 0.25) is 0 Å². The van der Waals surface area contributed by atoms with Crippen molar-refractivity contribution in [2.45, 2.75) is 52.1 Å². The van der Waals surface area contributed by atoms with Crippen molar-refractivity contribution >= 4 is 27.5 Å². The highest BCUT2D eigenvalue weighted by molar-refractivity contribution is 7.18. The van der Waals surface area contributed by atoms with Crippen molar-refractivity contribution in [3.63, 3.8) is 0 Å². The largest absolute Gasteiger partial charge is 0.395 e. The Morgan fingerprint density at radius 3 is 2.68 bits per heavy atom. The minimum absolute atomic E-state index is 0.00416. The highest BCUT2D eigenvalue weighted by atomic mass is 32.1. The van der Waals surface area contributed by atoms with Gasteiger partial charge in [0, 0.05) is 24.0 Å². The molecule has 1 aliphatic carbocycles. The normalized spacial score (nSPS) is 13.9. The molecule has 0 atom stereocenters. The van der Waals surface area contributed by atoms with Crippen LogP contribution in [0.4, 0.5) is 5.95 Å². The Kier molecular flexibility index (Phi) is 5.51. The van der Waals surface area contributed by atoms with Crippen LogP contribution in [0.3, 0.4) is 0 Å². The highest BCUT2D eigenvalue weighted by Gasteiger charge is 2.25. The molecule has 0 unspecified atom stereocenters. The van der Waals surface area contributed by atoms with Gasteiger partial charge >= 0.3 is 0 Å². The third-order valence-corrected chi connectivity index (χ3v) is 6.57. The zero-order valence-corrected chi connectivity index (χ0v) is 17.3. The molecule has 0 fully saturated rings. The number of aromatic nitrogens is 2. The lowest BCUT2D eigenvalue weighted by atomic mass is 9.97. The molecule has 0 saturated carbocycles. The van der Waals surface area contributed by atoms with Gasteiger partial charge in [0.15, 0.2) is 0 Å². The molecule has 0 amide bonds. The number of nitrogens with zero attached hydrogens (tertiary/aromatic N) is 3. The van der Waals surface area contributed by atoms with E-state index in [0.717, 1.165) is 35.0 Å². The maximum Gasteiger partial charge on any atom is 0.264 e. The summed E-state index contributed by atoms with van der Waals surface area (Å²) in [7, 11) is 0. The van der Waals surface area contributed by atoms with Crippen molar-refractivity contribution in [2.24, 2.45) is 0 Å². The van der Waals surface area contributed by atoms with E-state index in [0.29, 0.717) is 19.0 Å². The van der Waals surface area contributed by atoms with E-state index in [1.54, 1.807) is 11.3 Å². The van der Waals surface area contributed by atoms with Gasteiger partial charge in [0.1, 0.15) is 4.83 Å². The lowest BCUT2D eigenvalue weighted by molar-refractivity contribution is 0.300. The first-order valence-corrected chi connectivity index (χ1v) is 10.9. The van der Waals surface area contributed by atoms with Crippen molar-refractivity contribution in [3.8, 4) is 0 Å². The molecule has 0 bridgehead atoms. The van der Waals surface area contributed by atoms with Crippen LogP contribution in [-0.4, -0.2) is 27.8 Å². The topological polar surface area (TPSA) is 58.4 Å². The lowest BCUT2D eigenvalue weighted by Gasteiger charge is -2.27. The van der Waals surface area contributed by atoms with Crippen LogP contribution < -0.4 is 10.5 Å². The number of thiophene rings is 1. The average molecular weight is 398 g/mol. The number of rotatable bonds is 6. The molecule has 6 heteroatoms. The summed E-state index contributed by atoms with van der Waals surface area (Å²) >= 11 is 1.68. The first kappa shape index (κ1) is 19.2. The minimum atomic E-state index is -0.00416. The van der Waals surface area contributed by atoms with Crippen molar-refractivity contribution < 1.29 is 5.11 Å². The summed E-state index contributed by atoms with van der Waals surface area (Å²) in [4.78, 5) is 22.7. The fraction of sp³-hybridized carbons (Fsp3) is 0.455. The van der Waals surface area contributed by atoms with Gasteiger partial charge in [0.25, 0.3) is 5.56 Å². The third-order valence-electron chi connectivity index (χ3n) is 5.39. The molecule has 4 rings (SSSR count). The molecule has 0 saturated heterocycles. The number of anilines is 1. The molecule has 1 aliphatic rings. The molecule has 5 nitrogen and oxygen atoms in total. The van der Waals surface area contributed by atoms with E-state index in [1.807, 2.05) is 41.5 Å². The van der Waals surface area contributed by atoms with E-state index >= 15 is 0 Å². The van der Waals surface area contributed by atoms with Gasteiger partial charge in [0.05, 0.1) is 12.0 Å². The molecule has 0 aliphatic heterocycles. The second-order valence-electron chi connectivity index (χ2n) is 7.70. The summed E-state index contributed by atoms with van der Waals surface area (Å²) in [5.41, 5.74) is 2.41. The maximum absolute atomic E-state index is 13.5. The molecule has 1 aromatic carbocycles.